The summed E-state index contributed by atoms with van der Waals surface area (Å²) in [6.45, 7) is 0. The van der Waals surface area contributed by atoms with E-state index in [-0.39, 0.29) is 22.3 Å². The quantitative estimate of drug-likeness (QED) is 0.114. The summed E-state index contributed by atoms with van der Waals surface area (Å²) >= 11 is 13.8. The molecule has 0 unspecified atom stereocenters. The predicted octanol–water partition coefficient (Wildman–Crippen LogP) is 7.39. The molecule has 0 aromatic heterocycles. The SMILES string of the molecule is COc1ccc(C(=O)CSc2cccc(NC(=O)/C(=C/c3cccc(Cl)c3Cl)NC(=O)c3ccccc3)c2)cc1. The molecule has 40 heavy (non-hydrogen) atoms. The van der Waals surface area contributed by atoms with Gasteiger partial charge < -0.3 is 15.4 Å². The summed E-state index contributed by atoms with van der Waals surface area (Å²) in [5.41, 5.74) is 1.91. The second-order valence-corrected chi connectivity index (χ2v) is 10.3. The Morgan fingerprint density at radius 2 is 1.57 bits per heavy atom. The third kappa shape index (κ3) is 7.76. The lowest BCUT2D eigenvalue weighted by molar-refractivity contribution is -0.113. The van der Waals surface area contributed by atoms with E-state index in [1.165, 1.54) is 17.8 Å². The lowest BCUT2D eigenvalue weighted by atomic mass is 10.1. The van der Waals surface area contributed by atoms with Gasteiger partial charge >= 0.3 is 0 Å². The first kappa shape index (κ1) is 29.0. The van der Waals surface area contributed by atoms with Gasteiger partial charge in [0.25, 0.3) is 11.8 Å². The van der Waals surface area contributed by atoms with Crippen LogP contribution in [0.1, 0.15) is 26.3 Å². The van der Waals surface area contributed by atoms with Gasteiger partial charge in [0, 0.05) is 21.7 Å². The van der Waals surface area contributed by atoms with E-state index in [0.29, 0.717) is 33.1 Å². The molecule has 2 N–H and O–H groups in total. The number of hydrogen-bond donors (Lipinski definition) is 2. The molecule has 6 nitrogen and oxygen atoms in total. The maximum absolute atomic E-state index is 13.4. The fourth-order valence-corrected chi connectivity index (χ4v) is 4.81. The van der Waals surface area contributed by atoms with Gasteiger partial charge in [-0.25, -0.2) is 0 Å². The van der Waals surface area contributed by atoms with Crippen LogP contribution < -0.4 is 15.4 Å². The number of carbonyl (C=O) groups excluding carboxylic acids is 3. The minimum absolute atomic E-state index is 0.0224. The van der Waals surface area contributed by atoms with Crippen LogP contribution in [0.2, 0.25) is 10.0 Å². The highest BCUT2D eigenvalue weighted by Gasteiger charge is 2.17. The molecule has 0 aliphatic carbocycles. The van der Waals surface area contributed by atoms with Crippen LogP contribution in [0.3, 0.4) is 0 Å². The number of carbonyl (C=O) groups is 3. The summed E-state index contributed by atoms with van der Waals surface area (Å²) in [5, 5.41) is 6.07. The lowest BCUT2D eigenvalue weighted by Crippen LogP contribution is -2.30. The van der Waals surface area contributed by atoms with Crippen molar-refractivity contribution < 1.29 is 19.1 Å². The first-order chi connectivity index (χ1) is 19.3. The summed E-state index contributed by atoms with van der Waals surface area (Å²) in [5.74, 6) is -0.152. The van der Waals surface area contributed by atoms with Crippen molar-refractivity contribution in [2.45, 2.75) is 4.90 Å². The number of hydrogen-bond acceptors (Lipinski definition) is 5. The van der Waals surface area contributed by atoms with Gasteiger partial charge in [-0.3, -0.25) is 14.4 Å². The predicted molar refractivity (Wildman–Crippen MR) is 161 cm³/mol. The average molecular weight is 592 g/mol. The van der Waals surface area contributed by atoms with E-state index in [4.69, 9.17) is 27.9 Å². The van der Waals surface area contributed by atoms with Crippen molar-refractivity contribution >= 4 is 64.3 Å². The van der Waals surface area contributed by atoms with E-state index in [2.05, 4.69) is 10.6 Å². The minimum atomic E-state index is -0.559. The summed E-state index contributed by atoms with van der Waals surface area (Å²) in [4.78, 5) is 39.6. The standard InChI is InChI=1S/C31H24Cl2N2O4S/c1-39-24-15-13-20(14-16-24)28(36)19-40-25-11-6-10-23(18-25)34-31(38)27(17-22-9-5-12-26(32)29(22)33)35-30(37)21-7-3-2-4-8-21/h2-18H,19H2,1H3,(H,34,38)(H,35,37)/b27-17-. The molecule has 0 saturated carbocycles. The third-order valence-corrected chi connectivity index (χ3v) is 7.51. The number of methoxy groups -OCH3 is 1. The summed E-state index contributed by atoms with van der Waals surface area (Å²) in [6.07, 6.45) is 1.47. The number of amides is 2. The Morgan fingerprint density at radius 1 is 0.850 bits per heavy atom. The molecule has 0 radical (unpaired) electrons. The van der Waals surface area contributed by atoms with Crippen molar-refractivity contribution in [3.63, 3.8) is 0 Å². The van der Waals surface area contributed by atoms with Crippen LogP contribution in [0.15, 0.2) is 108 Å². The fourth-order valence-electron chi connectivity index (χ4n) is 3.60. The zero-order chi connectivity index (χ0) is 28.5. The van der Waals surface area contributed by atoms with Crippen LogP contribution in [0.5, 0.6) is 5.75 Å². The first-order valence-electron chi connectivity index (χ1n) is 12.1. The second kappa shape index (κ2) is 13.8. The van der Waals surface area contributed by atoms with E-state index in [9.17, 15) is 14.4 Å². The van der Waals surface area contributed by atoms with Crippen molar-refractivity contribution in [3.8, 4) is 5.75 Å². The van der Waals surface area contributed by atoms with Gasteiger partial charge in [0.05, 0.1) is 22.9 Å². The Morgan fingerprint density at radius 3 is 2.30 bits per heavy atom. The number of thioether (sulfide) groups is 1. The van der Waals surface area contributed by atoms with Crippen LogP contribution in [-0.2, 0) is 4.79 Å². The van der Waals surface area contributed by atoms with E-state index < -0.39 is 11.8 Å². The topological polar surface area (TPSA) is 84.5 Å². The van der Waals surface area contributed by atoms with Crippen molar-refractivity contribution in [1.29, 1.82) is 0 Å². The minimum Gasteiger partial charge on any atom is -0.497 e. The molecule has 202 valence electrons. The molecule has 2 amide bonds. The van der Waals surface area contributed by atoms with Crippen molar-refractivity contribution in [1.82, 2.24) is 5.32 Å². The molecule has 0 aliphatic rings. The third-order valence-electron chi connectivity index (χ3n) is 5.68. The Kier molecular flexibility index (Phi) is 10.0. The lowest BCUT2D eigenvalue weighted by Gasteiger charge is -2.13. The van der Waals surface area contributed by atoms with Gasteiger partial charge in [0.1, 0.15) is 11.4 Å². The van der Waals surface area contributed by atoms with Crippen LogP contribution >= 0.6 is 35.0 Å². The Bertz CT molecular complexity index is 1560. The average Bonchev–Trinajstić information content (AvgIpc) is 2.98. The number of Topliss-reactive ketones (excluding diaryl/α,β-unsaturated/α-hetero) is 1. The van der Waals surface area contributed by atoms with E-state index in [1.807, 2.05) is 6.07 Å². The monoisotopic (exact) mass is 590 g/mol. The highest BCUT2D eigenvalue weighted by atomic mass is 35.5. The number of nitrogens with one attached hydrogen (secondary N) is 2. The zero-order valence-corrected chi connectivity index (χ0v) is 23.6. The zero-order valence-electron chi connectivity index (χ0n) is 21.3. The maximum atomic E-state index is 13.4. The Balaban J connectivity index is 1.50. The van der Waals surface area contributed by atoms with E-state index in [0.717, 1.165) is 4.90 Å². The van der Waals surface area contributed by atoms with Crippen molar-refractivity contribution in [2.75, 3.05) is 18.2 Å². The van der Waals surface area contributed by atoms with E-state index in [1.54, 1.807) is 98.1 Å². The van der Waals surface area contributed by atoms with Crippen molar-refractivity contribution in [2.24, 2.45) is 0 Å². The number of ether oxygens (including phenoxy) is 1. The van der Waals surface area contributed by atoms with E-state index >= 15 is 0 Å². The molecule has 4 rings (SSSR count). The van der Waals surface area contributed by atoms with Crippen LogP contribution in [0, 0.1) is 0 Å². The van der Waals surface area contributed by atoms with Gasteiger partial charge in [-0.15, -0.1) is 11.8 Å². The number of rotatable bonds is 10. The second-order valence-electron chi connectivity index (χ2n) is 8.44. The highest BCUT2D eigenvalue weighted by molar-refractivity contribution is 8.00. The molecule has 4 aromatic carbocycles. The Labute approximate surface area is 246 Å². The summed E-state index contributed by atoms with van der Waals surface area (Å²) in [6, 6.07) is 27.6. The molecule has 0 bridgehead atoms. The van der Waals surface area contributed by atoms with Crippen molar-refractivity contribution in [3.05, 3.63) is 129 Å². The van der Waals surface area contributed by atoms with Gasteiger partial charge in [-0.1, -0.05) is 59.6 Å². The number of benzene rings is 4. The van der Waals surface area contributed by atoms with Crippen LogP contribution in [0.25, 0.3) is 6.08 Å². The molecule has 0 aliphatic heterocycles. The van der Waals surface area contributed by atoms with Gasteiger partial charge in [0.2, 0.25) is 0 Å². The van der Waals surface area contributed by atoms with Gasteiger partial charge in [-0.05, 0) is 72.3 Å². The number of anilines is 1. The van der Waals surface area contributed by atoms with Gasteiger partial charge in [-0.2, -0.15) is 0 Å². The molecule has 0 fully saturated rings. The Hall–Kier alpha value is -4.04. The highest BCUT2D eigenvalue weighted by Crippen LogP contribution is 2.28. The molecule has 4 aromatic rings. The number of ketones is 1. The molecular formula is C31H24Cl2N2O4S. The van der Waals surface area contributed by atoms with Crippen LogP contribution in [-0.4, -0.2) is 30.5 Å². The molecular weight excluding hydrogens is 567 g/mol. The molecule has 0 heterocycles. The molecule has 0 atom stereocenters. The first-order valence-corrected chi connectivity index (χ1v) is 13.8. The largest absolute Gasteiger partial charge is 0.497 e. The summed E-state index contributed by atoms with van der Waals surface area (Å²) < 4.78 is 5.14. The molecule has 0 saturated heterocycles. The molecule has 9 heteroatoms. The van der Waals surface area contributed by atoms with Gasteiger partial charge in [0.15, 0.2) is 5.78 Å². The smallest absolute Gasteiger partial charge is 0.272 e. The maximum Gasteiger partial charge on any atom is 0.272 e. The van der Waals surface area contributed by atoms with Crippen LogP contribution in [0.4, 0.5) is 5.69 Å². The normalized spacial score (nSPS) is 11.0. The number of halogens is 2. The fraction of sp³-hybridized carbons (Fsp3) is 0.0645. The molecule has 0 spiro atoms. The summed E-state index contributed by atoms with van der Waals surface area (Å²) in [7, 11) is 1.57.